The molecule has 136 valence electrons. The summed E-state index contributed by atoms with van der Waals surface area (Å²) in [6, 6.07) is 2.07. The minimum Gasteiger partial charge on any atom is -0.381 e. The number of methoxy groups -OCH3 is 1. The molecule has 1 aromatic heterocycles. The van der Waals surface area contributed by atoms with Crippen LogP contribution in [0, 0.1) is 0 Å². The molecule has 0 bridgehead atoms. The molecule has 25 heavy (non-hydrogen) atoms. The summed E-state index contributed by atoms with van der Waals surface area (Å²) in [6.07, 6.45) is 3.01. The fourth-order valence-electron chi connectivity index (χ4n) is 4.62. The summed E-state index contributed by atoms with van der Waals surface area (Å²) in [5.41, 5.74) is 0.567. The van der Waals surface area contributed by atoms with Crippen LogP contribution in [0.25, 0.3) is 0 Å². The number of piperidine rings is 1. The van der Waals surface area contributed by atoms with Crippen LogP contribution in [0.1, 0.15) is 36.0 Å². The third-order valence-electron chi connectivity index (χ3n) is 5.91. The van der Waals surface area contributed by atoms with Gasteiger partial charge in [0.15, 0.2) is 6.10 Å². The summed E-state index contributed by atoms with van der Waals surface area (Å²) in [6.45, 7) is 2.76. The molecule has 0 N–H and O–H groups in total. The van der Waals surface area contributed by atoms with Gasteiger partial charge in [0.05, 0.1) is 11.1 Å². The first-order chi connectivity index (χ1) is 12.2. The fraction of sp³-hybridized carbons (Fsp3) is 0.667. The summed E-state index contributed by atoms with van der Waals surface area (Å²) < 4.78 is 11.0. The minimum absolute atomic E-state index is 0.102. The molecule has 6 nitrogen and oxygen atoms in total. The van der Waals surface area contributed by atoms with Crippen LogP contribution in [-0.2, 0) is 14.3 Å². The highest BCUT2D eigenvalue weighted by Gasteiger charge is 2.62. The molecule has 0 saturated carbocycles. The quantitative estimate of drug-likeness (QED) is 0.767. The molecule has 0 aromatic carbocycles. The molecular formula is C18H24N2O4S. The van der Waals surface area contributed by atoms with Crippen molar-refractivity contribution in [3.8, 4) is 0 Å². The number of carbonyl (C=O) groups is 2. The van der Waals surface area contributed by atoms with Crippen LogP contribution in [-0.4, -0.2) is 72.7 Å². The summed E-state index contributed by atoms with van der Waals surface area (Å²) in [4.78, 5) is 29.1. The molecule has 3 fully saturated rings. The lowest BCUT2D eigenvalue weighted by Gasteiger charge is -2.61. The Labute approximate surface area is 151 Å². The van der Waals surface area contributed by atoms with Crippen LogP contribution in [0.4, 0.5) is 0 Å². The van der Waals surface area contributed by atoms with Crippen molar-refractivity contribution < 1.29 is 19.1 Å². The van der Waals surface area contributed by atoms with Crippen molar-refractivity contribution in [2.24, 2.45) is 0 Å². The summed E-state index contributed by atoms with van der Waals surface area (Å²) in [5, 5.41) is 3.83. The fourth-order valence-corrected chi connectivity index (χ4v) is 5.25. The maximum absolute atomic E-state index is 12.6. The van der Waals surface area contributed by atoms with E-state index in [1.807, 2.05) is 21.7 Å². The van der Waals surface area contributed by atoms with Gasteiger partial charge < -0.3 is 19.3 Å². The van der Waals surface area contributed by atoms with Crippen molar-refractivity contribution in [3.05, 3.63) is 22.4 Å². The zero-order valence-electron chi connectivity index (χ0n) is 14.5. The lowest BCUT2D eigenvalue weighted by Crippen LogP contribution is -2.79. The lowest BCUT2D eigenvalue weighted by molar-refractivity contribution is -0.213. The number of hydrogen-bond donors (Lipinski definition) is 0. The normalized spacial score (nSPS) is 26.8. The van der Waals surface area contributed by atoms with Gasteiger partial charge in [-0.2, -0.15) is 11.3 Å². The highest BCUT2D eigenvalue weighted by molar-refractivity contribution is 7.08. The Balaban J connectivity index is 1.43. The van der Waals surface area contributed by atoms with Crippen LogP contribution in [0.15, 0.2) is 16.8 Å². The van der Waals surface area contributed by atoms with Crippen molar-refractivity contribution in [1.29, 1.82) is 0 Å². The number of likely N-dealkylation sites (tertiary alicyclic amines) is 2. The van der Waals surface area contributed by atoms with E-state index in [1.54, 1.807) is 18.4 Å². The maximum Gasteiger partial charge on any atom is 0.254 e. The number of ether oxygens (including phenoxy) is 2. The number of amides is 2. The van der Waals surface area contributed by atoms with Gasteiger partial charge in [0.1, 0.15) is 0 Å². The topological polar surface area (TPSA) is 59.1 Å². The van der Waals surface area contributed by atoms with Gasteiger partial charge in [-0.1, -0.05) is 0 Å². The van der Waals surface area contributed by atoms with Crippen LogP contribution in [0.5, 0.6) is 0 Å². The van der Waals surface area contributed by atoms with Crippen molar-refractivity contribution in [2.45, 2.75) is 43.4 Å². The second-order valence-corrected chi connectivity index (χ2v) is 7.86. The highest BCUT2D eigenvalue weighted by atomic mass is 32.1. The average molecular weight is 364 g/mol. The van der Waals surface area contributed by atoms with Crippen LogP contribution in [0.2, 0.25) is 0 Å². The molecule has 2 amide bonds. The minimum atomic E-state index is -0.332. The lowest BCUT2D eigenvalue weighted by atomic mass is 9.72. The molecule has 3 aliphatic rings. The third kappa shape index (κ3) is 2.69. The average Bonchev–Trinajstić information content (AvgIpc) is 3.18. The highest BCUT2D eigenvalue weighted by Crippen LogP contribution is 2.45. The summed E-state index contributed by atoms with van der Waals surface area (Å²) >= 11 is 1.54. The molecule has 7 heteroatoms. The maximum atomic E-state index is 12.6. The Hall–Kier alpha value is -1.44. The predicted octanol–water partition coefficient (Wildman–Crippen LogP) is 1.76. The number of carbonyl (C=O) groups excluding carboxylic acids is 2. The zero-order chi connectivity index (χ0) is 17.4. The largest absolute Gasteiger partial charge is 0.381 e. The van der Waals surface area contributed by atoms with Crippen molar-refractivity contribution >= 4 is 23.2 Å². The van der Waals surface area contributed by atoms with E-state index in [4.69, 9.17) is 9.47 Å². The van der Waals surface area contributed by atoms with E-state index in [1.165, 1.54) is 0 Å². The molecule has 3 saturated heterocycles. The Morgan fingerprint density at radius 3 is 2.64 bits per heavy atom. The first-order valence-electron chi connectivity index (χ1n) is 8.92. The Morgan fingerprint density at radius 2 is 2.04 bits per heavy atom. The third-order valence-corrected chi connectivity index (χ3v) is 6.59. The monoisotopic (exact) mass is 364 g/mol. The molecule has 1 atom stereocenters. The standard InChI is InChI=1S/C18H24N2O4S/c1-23-15-17(22)20(18(15)5-9-24-10-6-18)14-2-7-19(8-3-14)16(21)13-4-11-25-12-13/h4,11-12,14-15H,2-3,5-10H2,1H3. The SMILES string of the molecule is COC1C(=O)N(C2CCN(C(=O)c3ccsc3)CC2)C12CCOCC2. The van der Waals surface area contributed by atoms with E-state index in [0.29, 0.717) is 26.3 Å². The van der Waals surface area contributed by atoms with Gasteiger partial charge in [-0.3, -0.25) is 9.59 Å². The second-order valence-electron chi connectivity index (χ2n) is 7.08. The molecule has 1 spiro atoms. The van der Waals surface area contributed by atoms with Gasteiger partial charge in [0.2, 0.25) is 0 Å². The second kappa shape index (κ2) is 6.70. The molecule has 3 aliphatic heterocycles. The van der Waals surface area contributed by atoms with E-state index in [2.05, 4.69) is 4.90 Å². The smallest absolute Gasteiger partial charge is 0.254 e. The molecule has 0 aliphatic carbocycles. The van der Waals surface area contributed by atoms with Crippen LogP contribution < -0.4 is 0 Å². The van der Waals surface area contributed by atoms with Crippen molar-refractivity contribution in [1.82, 2.24) is 9.80 Å². The van der Waals surface area contributed by atoms with Crippen molar-refractivity contribution in [2.75, 3.05) is 33.4 Å². The van der Waals surface area contributed by atoms with E-state index >= 15 is 0 Å². The number of nitrogens with zero attached hydrogens (tertiary/aromatic N) is 2. The molecule has 4 heterocycles. The van der Waals surface area contributed by atoms with E-state index in [9.17, 15) is 9.59 Å². The zero-order valence-corrected chi connectivity index (χ0v) is 15.3. The summed E-state index contributed by atoms with van der Waals surface area (Å²) in [5.74, 6) is 0.206. The Bertz CT molecular complexity index is 634. The number of thiophene rings is 1. The van der Waals surface area contributed by atoms with Gasteiger partial charge in [-0.05, 0) is 37.1 Å². The summed E-state index contributed by atoms with van der Waals surface area (Å²) in [7, 11) is 1.62. The molecule has 1 aromatic rings. The number of hydrogen-bond acceptors (Lipinski definition) is 5. The Kier molecular flexibility index (Phi) is 4.56. The van der Waals surface area contributed by atoms with Gasteiger partial charge in [-0.25, -0.2) is 0 Å². The van der Waals surface area contributed by atoms with Gasteiger partial charge in [0, 0.05) is 44.8 Å². The molecule has 1 unspecified atom stereocenters. The van der Waals surface area contributed by atoms with Crippen LogP contribution in [0.3, 0.4) is 0 Å². The van der Waals surface area contributed by atoms with Crippen LogP contribution >= 0.6 is 11.3 Å². The van der Waals surface area contributed by atoms with Gasteiger partial charge in [0.25, 0.3) is 11.8 Å². The van der Waals surface area contributed by atoms with Gasteiger partial charge >= 0.3 is 0 Å². The molecule has 4 rings (SSSR count). The Morgan fingerprint density at radius 1 is 1.32 bits per heavy atom. The van der Waals surface area contributed by atoms with Crippen molar-refractivity contribution in [3.63, 3.8) is 0 Å². The number of rotatable bonds is 3. The molecule has 0 radical (unpaired) electrons. The molecular weight excluding hydrogens is 340 g/mol. The van der Waals surface area contributed by atoms with E-state index in [-0.39, 0.29) is 29.5 Å². The van der Waals surface area contributed by atoms with E-state index < -0.39 is 0 Å². The first-order valence-corrected chi connectivity index (χ1v) is 9.87. The number of β-lactam (4-membered cyclic amide) rings is 1. The predicted molar refractivity (Wildman–Crippen MR) is 93.7 cm³/mol. The van der Waals surface area contributed by atoms with E-state index in [0.717, 1.165) is 31.2 Å². The van der Waals surface area contributed by atoms with Gasteiger partial charge in [-0.15, -0.1) is 0 Å². The first kappa shape index (κ1) is 17.0.